The number of aryl methyl sites for hydroxylation is 2. The molecular formula is C20H19F2N3OS. The molecule has 27 heavy (non-hydrogen) atoms. The summed E-state index contributed by atoms with van der Waals surface area (Å²) in [5.41, 5.74) is 1.81. The normalized spacial score (nSPS) is 15.1. The average Bonchev–Trinajstić information content (AvgIpc) is 3.41. The van der Waals surface area contributed by atoms with Gasteiger partial charge in [0.25, 0.3) is 5.91 Å². The van der Waals surface area contributed by atoms with E-state index in [1.54, 1.807) is 6.92 Å². The number of rotatable bonds is 4. The fourth-order valence-corrected chi connectivity index (χ4v) is 4.43. The number of fused-ring (bicyclic) bond motifs is 1. The molecule has 0 saturated heterocycles. The first kappa shape index (κ1) is 18.0. The number of thiophene rings is 1. The maximum atomic E-state index is 14.0. The van der Waals surface area contributed by atoms with Crippen LogP contribution in [0.5, 0.6) is 0 Å². The number of hydrogen-bond acceptors (Lipinski definition) is 4. The molecule has 2 aromatic heterocycles. The summed E-state index contributed by atoms with van der Waals surface area (Å²) in [4.78, 5) is 23.4. The zero-order valence-corrected chi connectivity index (χ0v) is 16.1. The molecule has 4 nitrogen and oxygen atoms in total. The molecule has 1 aromatic carbocycles. The zero-order valence-electron chi connectivity index (χ0n) is 15.3. The van der Waals surface area contributed by atoms with Crippen LogP contribution in [0.25, 0.3) is 10.2 Å². The number of amides is 1. The number of aromatic nitrogens is 2. The number of benzene rings is 1. The monoisotopic (exact) mass is 387 g/mol. The zero-order chi connectivity index (χ0) is 19.3. The molecule has 7 heteroatoms. The predicted octanol–water partition coefficient (Wildman–Crippen LogP) is 4.95. The van der Waals surface area contributed by atoms with E-state index in [2.05, 4.69) is 15.3 Å². The van der Waals surface area contributed by atoms with Crippen LogP contribution >= 0.6 is 11.3 Å². The number of hydrogen-bond donors (Lipinski definition) is 1. The summed E-state index contributed by atoms with van der Waals surface area (Å²) in [6.45, 7) is 5.44. The van der Waals surface area contributed by atoms with Gasteiger partial charge in [-0.15, -0.1) is 11.3 Å². The van der Waals surface area contributed by atoms with E-state index in [0.717, 1.165) is 58.3 Å². The molecule has 140 valence electrons. The molecule has 0 bridgehead atoms. The lowest BCUT2D eigenvalue weighted by atomic mass is 10.1. The minimum Gasteiger partial charge on any atom is -0.345 e. The van der Waals surface area contributed by atoms with E-state index in [1.165, 1.54) is 11.3 Å². The fourth-order valence-electron chi connectivity index (χ4n) is 3.29. The summed E-state index contributed by atoms with van der Waals surface area (Å²) in [5.74, 6) is -0.122. The van der Waals surface area contributed by atoms with Crippen molar-refractivity contribution in [3.63, 3.8) is 0 Å². The SMILES string of the molecule is Cc1nc(C2CC2)nc2sc(C(=O)NC(C)c3cc(F)ccc3F)c(C)c12. The second-order valence-electron chi connectivity index (χ2n) is 7.04. The smallest absolute Gasteiger partial charge is 0.262 e. The van der Waals surface area contributed by atoms with E-state index in [4.69, 9.17) is 0 Å². The van der Waals surface area contributed by atoms with Crippen molar-refractivity contribution in [2.24, 2.45) is 0 Å². The highest BCUT2D eigenvalue weighted by Crippen LogP contribution is 2.40. The summed E-state index contributed by atoms with van der Waals surface area (Å²) in [6, 6.07) is 2.57. The summed E-state index contributed by atoms with van der Waals surface area (Å²) >= 11 is 1.32. The van der Waals surface area contributed by atoms with Gasteiger partial charge in [-0.3, -0.25) is 4.79 Å². The van der Waals surface area contributed by atoms with Gasteiger partial charge >= 0.3 is 0 Å². The van der Waals surface area contributed by atoms with E-state index in [1.807, 2.05) is 13.8 Å². The third kappa shape index (κ3) is 3.32. The van der Waals surface area contributed by atoms with Gasteiger partial charge in [-0.05, 0) is 57.4 Å². The van der Waals surface area contributed by atoms with Crippen molar-refractivity contribution in [3.05, 3.63) is 57.4 Å². The van der Waals surface area contributed by atoms with Gasteiger partial charge in [0, 0.05) is 16.9 Å². The van der Waals surface area contributed by atoms with E-state index < -0.39 is 17.7 Å². The van der Waals surface area contributed by atoms with E-state index in [0.29, 0.717) is 10.8 Å². The molecule has 1 atom stereocenters. The first-order valence-electron chi connectivity index (χ1n) is 8.88. The second-order valence-corrected chi connectivity index (χ2v) is 8.04. The van der Waals surface area contributed by atoms with E-state index in [9.17, 15) is 13.6 Å². The Morgan fingerprint density at radius 3 is 2.70 bits per heavy atom. The van der Waals surface area contributed by atoms with Crippen LogP contribution < -0.4 is 5.32 Å². The van der Waals surface area contributed by atoms with Gasteiger partial charge in [0.1, 0.15) is 22.3 Å². The largest absolute Gasteiger partial charge is 0.345 e. The summed E-state index contributed by atoms with van der Waals surface area (Å²) in [5, 5.41) is 3.67. The molecule has 0 spiro atoms. The lowest BCUT2D eigenvalue weighted by Gasteiger charge is -2.15. The van der Waals surface area contributed by atoms with Crippen molar-refractivity contribution in [2.75, 3.05) is 0 Å². The maximum absolute atomic E-state index is 14.0. The van der Waals surface area contributed by atoms with Crippen LogP contribution in [0.4, 0.5) is 8.78 Å². The Morgan fingerprint density at radius 1 is 1.26 bits per heavy atom. The Morgan fingerprint density at radius 2 is 2.00 bits per heavy atom. The molecule has 1 saturated carbocycles. The summed E-state index contributed by atoms with van der Waals surface area (Å²) < 4.78 is 27.4. The van der Waals surface area contributed by atoms with Crippen LogP contribution in [0.3, 0.4) is 0 Å². The predicted molar refractivity (Wildman–Crippen MR) is 101 cm³/mol. The van der Waals surface area contributed by atoms with Gasteiger partial charge in [-0.1, -0.05) is 0 Å². The standard InChI is InChI=1S/C20H19F2N3OS/c1-9-16-11(3)23-18(12-4-5-12)25-20(16)27-17(9)19(26)24-10(2)14-8-13(21)6-7-15(14)22/h6-8,10,12H,4-5H2,1-3H3,(H,24,26). The molecule has 2 heterocycles. The molecule has 3 aromatic rings. The third-order valence-corrected chi connectivity index (χ3v) is 6.09. The van der Waals surface area contributed by atoms with Crippen LogP contribution in [0.1, 0.15) is 64.0 Å². The fraction of sp³-hybridized carbons (Fsp3) is 0.350. The van der Waals surface area contributed by atoms with Crippen molar-refractivity contribution in [1.82, 2.24) is 15.3 Å². The quantitative estimate of drug-likeness (QED) is 0.689. The van der Waals surface area contributed by atoms with Crippen molar-refractivity contribution >= 4 is 27.5 Å². The summed E-state index contributed by atoms with van der Waals surface area (Å²) in [7, 11) is 0. The van der Waals surface area contributed by atoms with Crippen molar-refractivity contribution in [2.45, 2.75) is 45.6 Å². The molecule has 0 radical (unpaired) electrons. The topological polar surface area (TPSA) is 54.9 Å². The second kappa shape index (κ2) is 6.64. The average molecular weight is 387 g/mol. The minimum atomic E-state index is -0.660. The molecule has 0 aliphatic heterocycles. The van der Waals surface area contributed by atoms with Gasteiger partial charge < -0.3 is 5.32 Å². The molecule has 1 N–H and O–H groups in total. The van der Waals surface area contributed by atoms with Gasteiger partial charge in [0.15, 0.2) is 0 Å². The lowest BCUT2D eigenvalue weighted by molar-refractivity contribution is 0.0943. The molecule has 1 fully saturated rings. The molecule has 4 rings (SSSR count). The molecular weight excluding hydrogens is 368 g/mol. The Bertz CT molecular complexity index is 1060. The van der Waals surface area contributed by atoms with E-state index in [-0.39, 0.29) is 11.5 Å². The summed E-state index contributed by atoms with van der Waals surface area (Å²) in [6.07, 6.45) is 2.22. The van der Waals surface area contributed by atoms with Gasteiger partial charge in [0.05, 0.1) is 16.6 Å². The van der Waals surface area contributed by atoms with Gasteiger partial charge in [-0.2, -0.15) is 0 Å². The van der Waals surface area contributed by atoms with Crippen LogP contribution in [-0.4, -0.2) is 15.9 Å². The maximum Gasteiger partial charge on any atom is 0.262 e. The number of halogens is 2. The van der Waals surface area contributed by atoms with Crippen molar-refractivity contribution < 1.29 is 13.6 Å². The Balaban J connectivity index is 1.65. The molecule has 1 amide bonds. The van der Waals surface area contributed by atoms with Gasteiger partial charge in [-0.25, -0.2) is 18.7 Å². The van der Waals surface area contributed by atoms with E-state index >= 15 is 0 Å². The van der Waals surface area contributed by atoms with Crippen LogP contribution in [0.2, 0.25) is 0 Å². The number of nitrogens with zero attached hydrogens (tertiary/aromatic N) is 2. The first-order chi connectivity index (χ1) is 12.8. The highest BCUT2D eigenvalue weighted by atomic mass is 32.1. The molecule has 1 aliphatic carbocycles. The number of carbonyl (C=O) groups is 1. The number of nitrogens with one attached hydrogen (secondary N) is 1. The van der Waals surface area contributed by atoms with Crippen LogP contribution in [0.15, 0.2) is 18.2 Å². The van der Waals surface area contributed by atoms with Crippen LogP contribution in [-0.2, 0) is 0 Å². The van der Waals surface area contributed by atoms with Crippen molar-refractivity contribution in [3.8, 4) is 0 Å². The van der Waals surface area contributed by atoms with Crippen molar-refractivity contribution in [1.29, 1.82) is 0 Å². The first-order valence-corrected chi connectivity index (χ1v) is 9.70. The molecule has 1 aliphatic rings. The Labute approximate surface area is 159 Å². The number of carbonyl (C=O) groups excluding carboxylic acids is 1. The lowest BCUT2D eigenvalue weighted by Crippen LogP contribution is -2.27. The van der Waals surface area contributed by atoms with Gasteiger partial charge in [0.2, 0.25) is 0 Å². The minimum absolute atomic E-state index is 0.120. The third-order valence-electron chi connectivity index (χ3n) is 4.91. The Hall–Kier alpha value is -2.41. The highest BCUT2D eigenvalue weighted by molar-refractivity contribution is 7.20. The van der Waals surface area contributed by atoms with Crippen LogP contribution in [0, 0.1) is 25.5 Å². The Kier molecular flexibility index (Phi) is 4.42. The highest BCUT2D eigenvalue weighted by Gasteiger charge is 2.29. The molecule has 1 unspecified atom stereocenters.